The van der Waals surface area contributed by atoms with E-state index in [2.05, 4.69) is 26.2 Å². The molecule has 0 spiro atoms. The summed E-state index contributed by atoms with van der Waals surface area (Å²) in [4.78, 5) is 18.3. The molecule has 0 aliphatic carbocycles. The highest BCUT2D eigenvalue weighted by Crippen LogP contribution is 2.22. The first-order chi connectivity index (χ1) is 9.47. The molecule has 104 valence electrons. The average molecular weight is 335 g/mol. The molecule has 5 nitrogen and oxygen atoms in total. The maximum absolute atomic E-state index is 12.3. The minimum atomic E-state index is -0.217. The van der Waals surface area contributed by atoms with Crippen LogP contribution in [0.25, 0.3) is 0 Å². The van der Waals surface area contributed by atoms with E-state index in [4.69, 9.17) is 5.73 Å². The normalized spacial score (nSPS) is 10.2. The Kier molecular flexibility index (Phi) is 4.24. The van der Waals surface area contributed by atoms with Crippen LogP contribution in [-0.2, 0) is 0 Å². The molecule has 1 amide bonds. The summed E-state index contributed by atoms with van der Waals surface area (Å²) in [6.45, 7) is 0. The average Bonchev–Trinajstić information content (AvgIpc) is 2.41. The lowest BCUT2D eigenvalue weighted by atomic mass is 10.1. The molecule has 0 atom stereocenters. The smallest absolute Gasteiger partial charge is 0.257 e. The zero-order valence-electron chi connectivity index (χ0n) is 11.2. The number of carbonyl (C=O) groups is 1. The molecule has 3 N–H and O–H groups in total. The van der Waals surface area contributed by atoms with Crippen molar-refractivity contribution in [1.29, 1.82) is 0 Å². The van der Waals surface area contributed by atoms with Gasteiger partial charge in [0.25, 0.3) is 5.91 Å². The van der Waals surface area contributed by atoms with E-state index >= 15 is 0 Å². The quantitative estimate of drug-likeness (QED) is 0.668. The Morgan fingerprint density at radius 2 is 2.05 bits per heavy atom. The molecule has 0 fully saturated rings. The van der Waals surface area contributed by atoms with E-state index in [0.717, 1.165) is 5.69 Å². The minimum absolute atomic E-state index is 0.217. The third-order valence-electron chi connectivity index (χ3n) is 2.73. The first-order valence-electron chi connectivity index (χ1n) is 5.97. The van der Waals surface area contributed by atoms with Crippen molar-refractivity contribution >= 4 is 38.9 Å². The van der Waals surface area contributed by atoms with E-state index < -0.39 is 0 Å². The standard InChI is InChI=1S/C14H15BrN4O/c1-19(2)12-5-3-9(16)7-11(12)14(20)18-10-4-6-13(15)17-8-10/h3-8H,16H2,1-2H3,(H,18,20). The summed E-state index contributed by atoms with van der Waals surface area (Å²) in [5.74, 6) is -0.217. The van der Waals surface area contributed by atoms with Crippen molar-refractivity contribution in [3.8, 4) is 0 Å². The fourth-order valence-corrected chi connectivity index (χ4v) is 2.01. The number of amides is 1. The predicted molar refractivity (Wildman–Crippen MR) is 85.1 cm³/mol. The van der Waals surface area contributed by atoms with E-state index in [1.54, 1.807) is 30.5 Å². The van der Waals surface area contributed by atoms with Gasteiger partial charge in [-0.3, -0.25) is 4.79 Å². The zero-order chi connectivity index (χ0) is 14.7. The highest BCUT2D eigenvalue weighted by molar-refractivity contribution is 9.10. The largest absolute Gasteiger partial charge is 0.399 e. The molecule has 1 aromatic heterocycles. The number of nitrogens with zero attached hydrogens (tertiary/aromatic N) is 2. The lowest BCUT2D eigenvalue weighted by molar-refractivity contribution is 0.102. The van der Waals surface area contributed by atoms with Crippen molar-refractivity contribution < 1.29 is 4.79 Å². The summed E-state index contributed by atoms with van der Waals surface area (Å²) in [6, 6.07) is 8.80. The minimum Gasteiger partial charge on any atom is -0.399 e. The van der Waals surface area contributed by atoms with Crippen LogP contribution in [0.1, 0.15) is 10.4 Å². The molecule has 0 saturated heterocycles. The van der Waals surface area contributed by atoms with Crippen molar-refractivity contribution in [2.45, 2.75) is 0 Å². The first kappa shape index (κ1) is 14.3. The number of nitrogens with two attached hydrogens (primary N) is 1. The summed E-state index contributed by atoms with van der Waals surface area (Å²) in [7, 11) is 3.76. The van der Waals surface area contributed by atoms with E-state index in [1.807, 2.05) is 25.1 Å². The number of pyridine rings is 1. The Morgan fingerprint density at radius 1 is 1.30 bits per heavy atom. The number of hydrogen-bond acceptors (Lipinski definition) is 4. The number of nitrogen functional groups attached to an aromatic ring is 1. The number of benzene rings is 1. The van der Waals surface area contributed by atoms with Crippen LogP contribution in [0.3, 0.4) is 0 Å². The number of halogens is 1. The molecule has 0 unspecified atom stereocenters. The summed E-state index contributed by atoms with van der Waals surface area (Å²) in [5.41, 5.74) is 8.28. The SMILES string of the molecule is CN(C)c1ccc(N)cc1C(=O)Nc1ccc(Br)nc1. The monoisotopic (exact) mass is 334 g/mol. The molecule has 0 aliphatic heterocycles. The molecule has 1 heterocycles. The molecule has 20 heavy (non-hydrogen) atoms. The second kappa shape index (κ2) is 5.92. The van der Waals surface area contributed by atoms with Crippen LogP contribution in [0.15, 0.2) is 41.1 Å². The van der Waals surface area contributed by atoms with Gasteiger partial charge in [-0.1, -0.05) is 0 Å². The van der Waals surface area contributed by atoms with Crippen molar-refractivity contribution in [3.63, 3.8) is 0 Å². The Hall–Kier alpha value is -2.08. The molecule has 0 bridgehead atoms. The number of rotatable bonds is 3. The molecule has 1 aromatic carbocycles. The Labute approximate surface area is 125 Å². The zero-order valence-corrected chi connectivity index (χ0v) is 12.8. The molecular formula is C14H15BrN4O. The van der Waals surface area contributed by atoms with Gasteiger partial charge in [0.15, 0.2) is 0 Å². The van der Waals surface area contributed by atoms with Crippen LogP contribution in [0.5, 0.6) is 0 Å². The fourth-order valence-electron chi connectivity index (χ4n) is 1.77. The van der Waals surface area contributed by atoms with Crippen LogP contribution in [-0.4, -0.2) is 25.0 Å². The number of aromatic nitrogens is 1. The summed E-state index contributed by atoms with van der Waals surface area (Å²) < 4.78 is 0.716. The molecule has 0 saturated carbocycles. The van der Waals surface area contributed by atoms with Gasteiger partial charge in [0, 0.05) is 25.5 Å². The summed E-state index contributed by atoms with van der Waals surface area (Å²) >= 11 is 3.25. The Balaban J connectivity index is 2.28. The molecule has 6 heteroatoms. The van der Waals surface area contributed by atoms with Crippen LogP contribution in [0.4, 0.5) is 17.1 Å². The predicted octanol–water partition coefficient (Wildman–Crippen LogP) is 2.74. The summed E-state index contributed by atoms with van der Waals surface area (Å²) in [6.07, 6.45) is 1.59. The number of hydrogen-bond donors (Lipinski definition) is 2. The van der Waals surface area contributed by atoms with E-state index in [0.29, 0.717) is 21.5 Å². The molecule has 2 aromatic rings. The Morgan fingerprint density at radius 3 is 2.65 bits per heavy atom. The van der Waals surface area contributed by atoms with Crippen molar-refractivity contribution in [3.05, 3.63) is 46.7 Å². The number of nitrogens with one attached hydrogen (secondary N) is 1. The Bertz CT molecular complexity index is 626. The van der Waals surface area contributed by atoms with Gasteiger partial charge in [-0.25, -0.2) is 4.98 Å². The van der Waals surface area contributed by atoms with E-state index in [1.165, 1.54) is 0 Å². The lowest BCUT2D eigenvalue weighted by Gasteiger charge is -2.17. The van der Waals surface area contributed by atoms with Gasteiger partial charge >= 0.3 is 0 Å². The molecular weight excluding hydrogens is 320 g/mol. The van der Waals surface area contributed by atoms with Gasteiger partial charge in [-0.15, -0.1) is 0 Å². The van der Waals surface area contributed by atoms with Crippen molar-refractivity contribution in [2.75, 3.05) is 30.0 Å². The van der Waals surface area contributed by atoms with Gasteiger partial charge in [0.2, 0.25) is 0 Å². The van der Waals surface area contributed by atoms with Gasteiger partial charge in [-0.05, 0) is 46.3 Å². The third kappa shape index (κ3) is 3.27. The second-order valence-corrected chi connectivity index (χ2v) is 5.31. The molecule has 2 rings (SSSR count). The third-order valence-corrected chi connectivity index (χ3v) is 3.20. The van der Waals surface area contributed by atoms with Gasteiger partial charge in [0.05, 0.1) is 17.4 Å². The highest BCUT2D eigenvalue weighted by Gasteiger charge is 2.13. The highest BCUT2D eigenvalue weighted by atomic mass is 79.9. The maximum Gasteiger partial charge on any atom is 0.257 e. The maximum atomic E-state index is 12.3. The number of anilines is 3. The topological polar surface area (TPSA) is 71.2 Å². The van der Waals surface area contributed by atoms with Gasteiger partial charge < -0.3 is 16.0 Å². The van der Waals surface area contributed by atoms with E-state index in [9.17, 15) is 4.79 Å². The van der Waals surface area contributed by atoms with E-state index in [-0.39, 0.29) is 5.91 Å². The van der Waals surface area contributed by atoms with Crippen LogP contribution in [0.2, 0.25) is 0 Å². The van der Waals surface area contributed by atoms with Crippen molar-refractivity contribution in [1.82, 2.24) is 4.98 Å². The molecule has 0 radical (unpaired) electrons. The van der Waals surface area contributed by atoms with Gasteiger partial charge in [0.1, 0.15) is 4.60 Å². The van der Waals surface area contributed by atoms with Crippen LogP contribution < -0.4 is 16.0 Å². The van der Waals surface area contributed by atoms with Gasteiger partial charge in [-0.2, -0.15) is 0 Å². The summed E-state index contributed by atoms with van der Waals surface area (Å²) in [5, 5.41) is 2.80. The number of carbonyl (C=O) groups excluding carboxylic acids is 1. The van der Waals surface area contributed by atoms with Crippen LogP contribution in [0, 0.1) is 0 Å². The van der Waals surface area contributed by atoms with Crippen molar-refractivity contribution in [2.24, 2.45) is 0 Å². The lowest BCUT2D eigenvalue weighted by Crippen LogP contribution is -2.18. The van der Waals surface area contributed by atoms with Crippen LogP contribution >= 0.6 is 15.9 Å². The first-order valence-corrected chi connectivity index (χ1v) is 6.76. The molecule has 0 aliphatic rings. The fraction of sp³-hybridized carbons (Fsp3) is 0.143. The second-order valence-electron chi connectivity index (χ2n) is 4.49.